The number of nitrogens with two attached hydrogens (primary N) is 1. The minimum absolute atomic E-state index is 0.107. The molecule has 1 saturated heterocycles. The molecule has 122 valence electrons. The van der Waals surface area contributed by atoms with Crippen molar-refractivity contribution in [2.24, 2.45) is 5.73 Å². The molecule has 1 fully saturated rings. The van der Waals surface area contributed by atoms with E-state index in [4.69, 9.17) is 10.5 Å². The largest absolute Gasteiger partial charge is 0.416 e. The second-order valence-electron chi connectivity index (χ2n) is 5.45. The van der Waals surface area contributed by atoms with Crippen LogP contribution in [0.3, 0.4) is 0 Å². The maximum absolute atomic E-state index is 12.7. The van der Waals surface area contributed by atoms with Crippen molar-refractivity contribution in [3.8, 4) is 0 Å². The molecule has 0 aliphatic carbocycles. The average molecular weight is 316 g/mol. The van der Waals surface area contributed by atoms with Gasteiger partial charge in [-0.2, -0.15) is 13.2 Å². The molecule has 2 rings (SSSR count). The number of carbonyl (C=O) groups is 1. The van der Waals surface area contributed by atoms with Crippen LogP contribution in [0.1, 0.15) is 24.0 Å². The van der Waals surface area contributed by atoms with Gasteiger partial charge < -0.3 is 15.4 Å². The number of carbonyl (C=O) groups excluding carboxylic acids is 1. The Bertz CT molecular complexity index is 534. The molecule has 7 heteroatoms. The van der Waals surface area contributed by atoms with E-state index in [0.29, 0.717) is 18.5 Å². The fourth-order valence-corrected chi connectivity index (χ4v) is 2.50. The lowest BCUT2D eigenvalue weighted by Crippen LogP contribution is -2.36. The highest BCUT2D eigenvalue weighted by Crippen LogP contribution is 2.30. The van der Waals surface area contributed by atoms with Crippen LogP contribution in [0, 0.1) is 0 Å². The van der Waals surface area contributed by atoms with Gasteiger partial charge in [0.1, 0.15) is 6.10 Å². The third kappa shape index (κ3) is 3.98. The fourth-order valence-electron chi connectivity index (χ4n) is 2.50. The zero-order valence-corrected chi connectivity index (χ0v) is 12.3. The van der Waals surface area contributed by atoms with Gasteiger partial charge in [0.05, 0.1) is 11.7 Å². The van der Waals surface area contributed by atoms with Crippen molar-refractivity contribution >= 4 is 5.91 Å². The third-order valence-corrected chi connectivity index (χ3v) is 3.70. The van der Waals surface area contributed by atoms with E-state index < -0.39 is 17.8 Å². The summed E-state index contributed by atoms with van der Waals surface area (Å²) in [7, 11) is 1.56. The summed E-state index contributed by atoms with van der Waals surface area (Å²) >= 11 is 0. The second-order valence-corrected chi connectivity index (χ2v) is 5.45. The summed E-state index contributed by atoms with van der Waals surface area (Å²) in [5, 5.41) is 0. The summed E-state index contributed by atoms with van der Waals surface area (Å²) < 4.78 is 43.6. The van der Waals surface area contributed by atoms with E-state index in [1.165, 1.54) is 11.0 Å². The Morgan fingerprint density at radius 2 is 2.14 bits per heavy atom. The molecule has 22 heavy (non-hydrogen) atoms. The highest BCUT2D eigenvalue weighted by Gasteiger charge is 2.33. The summed E-state index contributed by atoms with van der Waals surface area (Å²) in [4.78, 5) is 13.6. The van der Waals surface area contributed by atoms with Crippen LogP contribution in [-0.4, -0.2) is 36.6 Å². The minimum Gasteiger partial charge on any atom is -0.364 e. The molecule has 1 aromatic rings. The SMILES string of the molecule is CN(Cc1cccc(C(F)(F)F)c1)C(=O)[C@@H]1CC[C@H](CN)O1. The first kappa shape index (κ1) is 16.8. The van der Waals surface area contributed by atoms with Crippen molar-refractivity contribution in [3.63, 3.8) is 0 Å². The predicted octanol–water partition coefficient (Wildman–Crippen LogP) is 2.17. The third-order valence-electron chi connectivity index (χ3n) is 3.70. The van der Waals surface area contributed by atoms with Crippen LogP contribution in [0.5, 0.6) is 0 Å². The molecule has 2 atom stereocenters. The smallest absolute Gasteiger partial charge is 0.364 e. The van der Waals surface area contributed by atoms with Gasteiger partial charge in [0.15, 0.2) is 0 Å². The number of benzene rings is 1. The standard InChI is InChI=1S/C15H19F3N2O2/c1-20(14(21)13-6-5-12(8-19)22-13)9-10-3-2-4-11(7-10)15(16,17)18/h2-4,7,12-13H,5-6,8-9,19H2,1H3/t12-,13+/m1/s1. The molecule has 1 aliphatic rings. The zero-order valence-electron chi connectivity index (χ0n) is 12.3. The quantitative estimate of drug-likeness (QED) is 0.926. The van der Waals surface area contributed by atoms with E-state index in [0.717, 1.165) is 18.6 Å². The van der Waals surface area contributed by atoms with Gasteiger partial charge in [0, 0.05) is 20.1 Å². The molecular weight excluding hydrogens is 297 g/mol. The molecule has 0 bridgehead atoms. The van der Waals surface area contributed by atoms with Gasteiger partial charge in [-0.05, 0) is 30.5 Å². The normalized spacial score (nSPS) is 21.9. The molecule has 0 aromatic heterocycles. The molecule has 0 unspecified atom stereocenters. The Labute approximate surface area is 127 Å². The fraction of sp³-hybridized carbons (Fsp3) is 0.533. The lowest BCUT2D eigenvalue weighted by atomic mass is 10.1. The van der Waals surface area contributed by atoms with Crippen LogP contribution < -0.4 is 5.73 Å². The number of nitrogens with zero attached hydrogens (tertiary/aromatic N) is 1. The Kier molecular flexibility index (Phi) is 5.08. The van der Waals surface area contributed by atoms with Gasteiger partial charge >= 0.3 is 6.18 Å². The van der Waals surface area contributed by atoms with Crippen molar-refractivity contribution in [2.45, 2.75) is 37.8 Å². The monoisotopic (exact) mass is 316 g/mol. The number of hydrogen-bond donors (Lipinski definition) is 1. The van der Waals surface area contributed by atoms with Crippen LogP contribution in [0.4, 0.5) is 13.2 Å². The van der Waals surface area contributed by atoms with E-state index >= 15 is 0 Å². The van der Waals surface area contributed by atoms with Crippen molar-refractivity contribution < 1.29 is 22.7 Å². The molecule has 0 saturated carbocycles. The second kappa shape index (κ2) is 6.66. The maximum Gasteiger partial charge on any atom is 0.416 e. The van der Waals surface area contributed by atoms with E-state index in [2.05, 4.69) is 0 Å². The number of rotatable bonds is 4. The summed E-state index contributed by atoms with van der Waals surface area (Å²) in [5.41, 5.74) is 5.21. The van der Waals surface area contributed by atoms with E-state index in [1.807, 2.05) is 0 Å². The number of halogens is 3. The molecule has 1 aromatic carbocycles. The summed E-state index contributed by atoms with van der Waals surface area (Å²) in [6.07, 6.45) is -3.74. The topological polar surface area (TPSA) is 55.6 Å². The number of ether oxygens (including phenoxy) is 1. The van der Waals surface area contributed by atoms with Gasteiger partial charge in [-0.1, -0.05) is 12.1 Å². The van der Waals surface area contributed by atoms with Crippen molar-refractivity contribution in [1.29, 1.82) is 0 Å². The summed E-state index contributed by atoms with van der Waals surface area (Å²) in [6, 6.07) is 4.98. The van der Waals surface area contributed by atoms with Crippen LogP contribution in [0.25, 0.3) is 0 Å². The Morgan fingerprint density at radius 3 is 2.73 bits per heavy atom. The van der Waals surface area contributed by atoms with E-state index in [1.54, 1.807) is 13.1 Å². The number of alkyl halides is 3. The summed E-state index contributed by atoms with van der Waals surface area (Å²) in [6.45, 7) is 0.469. The van der Waals surface area contributed by atoms with Crippen LogP contribution >= 0.6 is 0 Å². The average Bonchev–Trinajstić information content (AvgIpc) is 2.94. The molecule has 0 spiro atoms. The Balaban J connectivity index is 2.00. The van der Waals surface area contributed by atoms with E-state index in [-0.39, 0.29) is 18.6 Å². The molecule has 1 aliphatic heterocycles. The molecular formula is C15H19F3N2O2. The first-order valence-corrected chi connectivity index (χ1v) is 7.08. The van der Waals surface area contributed by atoms with Crippen molar-refractivity contribution in [2.75, 3.05) is 13.6 Å². The number of likely N-dealkylation sites (N-methyl/N-ethyl adjacent to an activating group) is 1. The summed E-state index contributed by atoms with van der Waals surface area (Å²) in [5.74, 6) is -0.228. The van der Waals surface area contributed by atoms with Gasteiger partial charge in [-0.15, -0.1) is 0 Å². The first-order valence-electron chi connectivity index (χ1n) is 7.08. The highest BCUT2D eigenvalue weighted by atomic mass is 19.4. The first-order chi connectivity index (χ1) is 10.3. The van der Waals surface area contributed by atoms with Gasteiger partial charge in [0.25, 0.3) is 5.91 Å². The molecule has 2 N–H and O–H groups in total. The highest BCUT2D eigenvalue weighted by molar-refractivity contribution is 5.81. The Morgan fingerprint density at radius 1 is 1.41 bits per heavy atom. The van der Waals surface area contributed by atoms with Crippen LogP contribution in [0.2, 0.25) is 0 Å². The van der Waals surface area contributed by atoms with Crippen molar-refractivity contribution in [1.82, 2.24) is 4.90 Å². The molecule has 0 radical (unpaired) electrons. The molecule has 4 nitrogen and oxygen atoms in total. The number of hydrogen-bond acceptors (Lipinski definition) is 3. The van der Waals surface area contributed by atoms with Gasteiger partial charge in [-0.3, -0.25) is 4.79 Å². The van der Waals surface area contributed by atoms with Gasteiger partial charge in [0.2, 0.25) is 0 Å². The zero-order chi connectivity index (χ0) is 16.3. The predicted molar refractivity (Wildman–Crippen MR) is 74.9 cm³/mol. The van der Waals surface area contributed by atoms with Crippen molar-refractivity contribution in [3.05, 3.63) is 35.4 Å². The van der Waals surface area contributed by atoms with E-state index in [9.17, 15) is 18.0 Å². The lowest BCUT2D eigenvalue weighted by molar-refractivity contribution is -0.141. The van der Waals surface area contributed by atoms with Crippen LogP contribution in [0.15, 0.2) is 24.3 Å². The van der Waals surface area contributed by atoms with Gasteiger partial charge in [-0.25, -0.2) is 0 Å². The maximum atomic E-state index is 12.7. The molecule has 1 amide bonds. The van der Waals surface area contributed by atoms with Crippen LogP contribution in [-0.2, 0) is 22.3 Å². The minimum atomic E-state index is -4.39. The lowest BCUT2D eigenvalue weighted by Gasteiger charge is -2.22. The number of amides is 1. The molecule has 1 heterocycles. The Hall–Kier alpha value is -1.60.